The highest BCUT2D eigenvalue weighted by atomic mass is 16.5. The minimum Gasteiger partial charge on any atom is -0.398 e. The SMILES string of the molecule is Nc1cc([NH2+]O)ccc1C=O. The van der Waals surface area contributed by atoms with E-state index in [1.54, 1.807) is 12.1 Å². The first kappa shape index (κ1) is 7.71. The van der Waals surface area contributed by atoms with E-state index in [-0.39, 0.29) is 0 Å². The number of hydrogen-bond acceptors (Lipinski definition) is 3. The van der Waals surface area contributed by atoms with Crippen LogP contribution in [0.1, 0.15) is 10.4 Å². The lowest BCUT2D eigenvalue weighted by molar-refractivity contribution is -0.825. The second-order valence-electron chi connectivity index (χ2n) is 2.14. The lowest BCUT2D eigenvalue weighted by atomic mass is 10.2. The first-order chi connectivity index (χ1) is 5.27. The van der Waals surface area contributed by atoms with Gasteiger partial charge in [0.2, 0.25) is 0 Å². The van der Waals surface area contributed by atoms with Crippen molar-refractivity contribution in [3.8, 4) is 0 Å². The molecule has 0 aliphatic rings. The molecule has 0 aromatic heterocycles. The average Bonchev–Trinajstić information content (AvgIpc) is 2.04. The van der Waals surface area contributed by atoms with Crippen molar-refractivity contribution in [1.29, 1.82) is 0 Å². The summed E-state index contributed by atoms with van der Waals surface area (Å²) >= 11 is 0. The number of benzene rings is 1. The van der Waals surface area contributed by atoms with Crippen LogP contribution in [-0.4, -0.2) is 11.5 Å². The van der Waals surface area contributed by atoms with Crippen LogP contribution < -0.4 is 11.2 Å². The van der Waals surface area contributed by atoms with Crippen LogP contribution in [0.15, 0.2) is 18.2 Å². The van der Waals surface area contributed by atoms with Crippen molar-refractivity contribution in [3.63, 3.8) is 0 Å². The molecule has 0 amide bonds. The molecule has 5 N–H and O–H groups in total. The van der Waals surface area contributed by atoms with Gasteiger partial charge < -0.3 is 5.73 Å². The molecule has 4 nitrogen and oxygen atoms in total. The van der Waals surface area contributed by atoms with Gasteiger partial charge in [-0.15, -0.1) is 0 Å². The van der Waals surface area contributed by atoms with E-state index >= 15 is 0 Å². The molecule has 1 aromatic carbocycles. The summed E-state index contributed by atoms with van der Waals surface area (Å²) in [4.78, 5) is 10.3. The Balaban J connectivity index is 3.09. The summed E-state index contributed by atoms with van der Waals surface area (Å²) in [6, 6.07) is 4.70. The largest absolute Gasteiger partial charge is 0.398 e. The molecule has 0 bridgehead atoms. The minimum absolute atomic E-state index is 0.378. The van der Waals surface area contributed by atoms with Crippen LogP contribution in [0.2, 0.25) is 0 Å². The minimum atomic E-state index is 0.378. The summed E-state index contributed by atoms with van der Waals surface area (Å²) in [5.74, 6) is 0. The van der Waals surface area contributed by atoms with Gasteiger partial charge in [-0.2, -0.15) is 5.48 Å². The van der Waals surface area contributed by atoms with Crippen LogP contribution in [0.4, 0.5) is 11.4 Å². The standard InChI is InChI=1S/C7H8N2O2/c8-7-3-6(9-11)2-1-5(7)4-10/h1-4,9,11H,8H2/p+1. The Labute approximate surface area is 63.6 Å². The Morgan fingerprint density at radius 3 is 2.73 bits per heavy atom. The van der Waals surface area contributed by atoms with E-state index in [0.717, 1.165) is 5.48 Å². The maximum atomic E-state index is 10.3. The molecule has 11 heavy (non-hydrogen) atoms. The van der Waals surface area contributed by atoms with Crippen LogP contribution in [-0.2, 0) is 0 Å². The third-order valence-electron chi connectivity index (χ3n) is 1.39. The van der Waals surface area contributed by atoms with Gasteiger partial charge in [-0.05, 0) is 6.07 Å². The van der Waals surface area contributed by atoms with Crippen molar-refractivity contribution in [2.75, 3.05) is 5.73 Å². The van der Waals surface area contributed by atoms with Gasteiger partial charge in [-0.25, -0.2) is 5.21 Å². The molecular formula is C7H9N2O2+. The number of carbonyl (C=O) groups is 1. The van der Waals surface area contributed by atoms with Crippen LogP contribution >= 0.6 is 0 Å². The highest BCUT2D eigenvalue weighted by molar-refractivity contribution is 5.83. The number of aldehydes is 1. The summed E-state index contributed by atoms with van der Waals surface area (Å²) < 4.78 is 0. The van der Waals surface area contributed by atoms with Gasteiger partial charge in [0.1, 0.15) is 0 Å². The van der Waals surface area contributed by atoms with Crippen LogP contribution in [0.3, 0.4) is 0 Å². The molecule has 4 heteroatoms. The van der Waals surface area contributed by atoms with E-state index in [9.17, 15) is 4.79 Å². The van der Waals surface area contributed by atoms with E-state index in [4.69, 9.17) is 10.9 Å². The number of hydrogen-bond donors (Lipinski definition) is 3. The van der Waals surface area contributed by atoms with Gasteiger partial charge in [0.05, 0.1) is 0 Å². The van der Waals surface area contributed by atoms with Gasteiger partial charge in [-0.1, -0.05) is 0 Å². The monoisotopic (exact) mass is 153 g/mol. The Kier molecular flexibility index (Phi) is 2.20. The fourth-order valence-corrected chi connectivity index (χ4v) is 0.781. The number of nitrogens with two attached hydrogens (primary N) is 2. The molecule has 0 fully saturated rings. The van der Waals surface area contributed by atoms with Crippen molar-refractivity contribution >= 4 is 17.7 Å². The normalized spacial score (nSPS) is 9.55. The number of rotatable bonds is 2. The van der Waals surface area contributed by atoms with Crippen molar-refractivity contribution in [3.05, 3.63) is 23.8 Å². The fraction of sp³-hybridized carbons (Fsp3) is 0. The van der Waals surface area contributed by atoms with E-state index in [0.29, 0.717) is 23.2 Å². The van der Waals surface area contributed by atoms with Crippen LogP contribution in [0.5, 0.6) is 0 Å². The lowest BCUT2D eigenvalue weighted by Crippen LogP contribution is -2.73. The lowest BCUT2D eigenvalue weighted by Gasteiger charge is -1.97. The highest BCUT2D eigenvalue weighted by Gasteiger charge is 2.00. The third kappa shape index (κ3) is 1.54. The fourth-order valence-electron chi connectivity index (χ4n) is 0.781. The van der Waals surface area contributed by atoms with Gasteiger partial charge >= 0.3 is 0 Å². The average molecular weight is 153 g/mol. The quantitative estimate of drug-likeness (QED) is 0.309. The molecule has 1 rings (SSSR count). The van der Waals surface area contributed by atoms with E-state index in [2.05, 4.69) is 0 Å². The molecule has 0 heterocycles. The summed E-state index contributed by atoms with van der Waals surface area (Å²) in [5.41, 5.74) is 7.79. The van der Waals surface area contributed by atoms with E-state index in [1.807, 2.05) is 0 Å². The predicted molar refractivity (Wildman–Crippen MR) is 39.6 cm³/mol. The van der Waals surface area contributed by atoms with Crippen molar-refractivity contribution in [2.45, 2.75) is 0 Å². The van der Waals surface area contributed by atoms with Gasteiger partial charge in [0, 0.05) is 23.4 Å². The molecule has 58 valence electrons. The third-order valence-corrected chi connectivity index (χ3v) is 1.39. The van der Waals surface area contributed by atoms with Crippen LogP contribution in [0.25, 0.3) is 0 Å². The maximum absolute atomic E-state index is 10.3. The van der Waals surface area contributed by atoms with Crippen molar-refractivity contribution < 1.29 is 15.5 Å². The van der Waals surface area contributed by atoms with Crippen LogP contribution in [0, 0.1) is 0 Å². The Morgan fingerprint density at radius 2 is 2.27 bits per heavy atom. The zero-order chi connectivity index (χ0) is 8.27. The topological polar surface area (TPSA) is 79.9 Å². The smallest absolute Gasteiger partial charge is 0.163 e. The summed E-state index contributed by atoms with van der Waals surface area (Å²) in [6.45, 7) is 0. The molecule has 1 aromatic rings. The summed E-state index contributed by atoms with van der Waals surface area (Å²) in [5, 5.41) is 8.56. The zero-order valence-electron chi connectivity index (χ0n) is 5.82. The Morgan fingerprint density at radius 1 is 1.55 bits per heavy atom. The molecule has 0 aliphatic carbocycles. The Bertz CT molecular complexity index is 273. The number of quaternary nitrogens is 1. The predicted octanol–water partition coefficient (Wildman–Crippen LogP) is -0.335. The first-order valence-corrected chi connectivity index (χ1v) is 3.10. The summed E-state index contributed by atoms with van der Waals surface area (Å²) in [7, 11) is 0. The highest BCUT2D eigenvalue weighted by Crippen LogP contribution is 2.11. The molecule has 0 radical (unpaired) electrons. The number of carbonyl (C=O) groups excluding carboxylic acids is 1. The van der Waals surface area contributed by atoms with Gasteiger partial charge in [-0.3, -0.25) is 4.79 Å². The van der Waals surface area contributed by atoms with Crippen molar-refractivity contribution in [1.82, 2.24) is 0 Å². The van der Waals surface area contributed by atoms with E-state index < -0.39 is 0 Å². The van der Waals surface area contributed by atoms with Crippen molar-refractivity contribution in [2.24, 2.45) is 0 Å². The van der Waals surface area contributed by atoms with Gasteiger partial charge in [0.15, 0.2) is 12.0 Å². The second-order valence-corrected chi connectivity index (χ2v) is 2.14. The molecule has 0 saturated carbocycles. The first-order valence-electron chi connectivity index (χ1n) is 3.10. The number of anilines is 1. The molecule has 0 saturated heterocycles. The number of nitrogen functional groups attached to an aromatic ring is 1. The molecular weight excluding hydrogens is 144 g/mol. The molecule has 0 spiro atoms. The summed E-state index contributed by atoms with van der Waals surface area (Å²) in [6.07, 6.45) is 0.677. The molecule has 0 atom stereocenters. The zero-order valence-corrected chi connectivity index (χ0v) is 5.82. The maximum Gasteiger partial charge on any atom is 0.163 e. The van der Waals surface area contributed by atoms with E-state index in [1.165, 1.54) is 6.07 Å². The van der Waals surface area contributed by atoms with Gasteiger partial charge in [0.25, 0.3) is 0 Å². The molecule has 0 unspecified atom stereocenters. The second kappa shape index (κ2) is 3.14. The molecule has 0 aliphatic heterocycles. The Hall–Kier alpha value is -1.39.